The van der Waals surface area contributed by atoms with Gasteiger partial charge in [0.05, 0.1) is 24.9 Å². The van der Waals surface area contributed by atoms with Gasteiger partial charge < -0.3 is 4.74 Å². The van der Waals surface area contributed by atoms with Gasteiger partial charge >= 0.3 is 6.18 Å². The van der Waals surface area contributed by atoms with Crippen LogP contribution in [-0.4, -0.2) is 16.9 Å². The number of ether oxygens (including phenoxy) is 1. The second kappa shape index (κ2) is 7.03. The molecule has 0 aliphatic carbocycles. The lowest BCUT2D eigenvalue weighted by molar-refractivity contribution is -0.137. The predicted molar refractivity (Wildman–Crippen MR) is 91.0 cm³/mol. The van der Waals surface area contributed by atoms with Gasteiger partial charge in [0, 0.05) is 11.6 Å². The molecule has 0 unspecified atom stereocenters. The Morgan fingerprint density at radius 3 is 2.54 bits per heavy atom. The summed E-state index contributed by atoms with van der Waals surface area (Å²) in [5.74, 6) is 0.639. The normalized spacial score (nSPS) is 11.4. The zero-order valence-electron chi connectivity index (χ0n) is 13.8. The van der Waals surface area contributed by atoms with E-state index < -0.39 is 17.3 Å². The average Bonchev–Trinajstić information content (AvgIpc) is 2.63. The van der Waals surface area contributed by atoms with Crippen LogP contribution in [0, 0.1) is 0 Å². The van der Waals surface area contributed by atoms with Gasteiger partial charge in [-0.1, -0.05) is 24.3 Å². The lowest BCUT2D eigenvalue weighted by atomic mass is 10.1. The molecule has 0 bridgehead atoms. The largest absolute Gasteiger partial charge is 0.497 e. The highest BCUT2D eigenvalue weighted by atomic mass is 19.4. The molecule has 0 aliphatic rings. The summed E-state index contributed by atoms with van der Waals surface area (Å²) in [6, 6.07) is 14.9. The van der Waals surface area contributed by atoms with Gasteiger partial charge in [-0.25, -0.2) is 4.68 Å². The predicted octanol–water partition coefficient (Wildman–Crippen LogP) is 3.99. The van der Waals surface area contributed by atoms with Gasteiger partial charge in [0.15, 0.2) is 0 Å². The minimum absolute atomic E-state index is 0.0550. The Bertz CT molecular complexity index is 981. The van der Waals surface area contributed by atoms with Crippen LogP contribution in [0.25, 0.3) is 11.3 Å². The van der Waals surface area contributed by atoms with E-state index in [1.165, 1.54) is 18.2 Å². The van der Waals surface area contributed by atoms with Crippen LogP contribution in [0.2, 0.25) is 0 Å². The van der Waals surface area contributed by atoms with Gasteiger partial charge in [-0.2, -0.15) is 18.3 Å². The standard InChI is InChI=1S/C19H15F3N2O2/c1-26-16-7-3-5-14(11-16)17-8-9-18(25)24(23-17)12-13-4-2-6-15(10-13)19(20,21)22/h2-11H,12H2,1H3. The molecule has 3 rings (SSSR count). The molecular weight excluding hydrogens is 345 g/mol. The van der Waals surface area contributed by atoms with Crippen molar-refractivity contribution in [3.63, 3.8) is 0 Å². The highest BCUT2D eigenvalue weighted by Crippen LogP contribution is 2.29. The molecule has 134 valence electrons. The molecule has 0 aliphatic heterocycles. The minimum atomic E-state index is -4.43. The summed E-state index contributed by atoms with van der Waals surface area (Å²) in [5.41, 5.74) is 0.455. The van der Waals surface area contributed by atoms with Crippen molar-refractivity contribution in [3.8, 4) is 17.0 Å². The number of nitrogens with zero attached hydrogens (tertiary/aromatic N) is 2. The van der Waals surface area contributed by atoms with Crippen LogP contribution in [0.3, 0.4) is 0 Å². The van der Waals surface area contributed by atoms with Crippen molar-refractivity contribution in [1.82, 2.24) is 9.78 Å². The van der Waals surface area contributed by atoms with Crippen molar-refractivity contribution in [1.29, 1.82) is 0 Å². The quantitative estimate of drug-likeness (QED) is 0.707. The van der Waals surface area contributed by atoms with Crippen molar-refractivity contribution in [2.45, 2.75) is 12.7 Å². The van der Waals surface area contributed by atoms with E-state index in [2.05, 4.69) is 5.10 Å². The van der Waals surface area contributed by atoms with E-state index in [1.54, 1.807) is 31.4 Å². The van der Waals surface area contributed by atoms with E-state index in [-0.39, 0.29) is 6.54 Å². The summed E-state index contributed by atoms with van der Waals surface area (Å²) in [7, 11) is 1.54. The van der Waals surface area contributed by atoms with Crippen LogP contribution in [0.15, 0.2) is 65.5 Å². The maximum atomic E-state index is 12.8. The Labute approximate surface area is 147 Å². The van der Waals surface area contributed by atoms with Crippen molar-refractivity contribution in [3.05, 3.63) is 82.1 Å². The van der Waals surface area contributed by atoms with E-state index in [0.29, 0.717) is 17.0 Å². The summed E-state index contributed by atoms with van der Waals surface area (Å²) in [5, 5.41) is 4.27. The molecular formula is C19H15F3N2O2. The topological polar surface area (TPSA) is 44.1 Å². The third kappa shape index (κ3) is 3.93. The average molecular weight is 360 g/mol. The van der Waals surface area contributed by atoms with E-state index in [0.717, 1.165) is 22.4 Å². The van der Waals surface area contributed by atoms with Crippen LogP contribution in [0.4, 0.5) is 13.2 Å². The van der Waals surface area contributed by atoms with Crippen molar-refractivity contribution < 1.29 is 17.9 Å². The molecule has 0 spiro atoms. The molecule has 4 nitrogen and oxygen atoms in total. The van der Waals surface area contributed by atoms with Crippen molar-refractivity contribution >= 4 is 0 Å². The van der Waals surface area contributed by atoms with Gasteiger partial charge in [-0.15, -0.1) is 0 Å². The minimum Gasteiger partial charge on any atom is -0.497 e. The number of aromatic nitrogens is 2. The molecule has 3 aromatic rings. The van der Waals surface area contributed by atoms with E-state index in [1.807, 2.05) is 6.07 Å². The van der Waals surface area contributed by atoms with Crippen LogP contribution in [-0.2, 0) is 12.7 Å². The Hall–Kier alpha value is -3.09. The zero-order valence-corrected chi connectivity index (χ0v) is 13.8. The van der Waals surface area contributed by atoms with Gasteiger partial charge in [0.2, 0.25) is 0 Å². The summed E-state index contributed by atoms with van der Waals surface area (Å²) in [4.78, 5) is 12.1. The van der Waals surface area contributed by atoms with E-state index in [4.69, 9.17) is 4.74 Å². The first-order valence-corrected chi connectivity index (χ1v) is 7.75. The van der Waals surface area contributed by atoms with Gasteiger partial charge in [0.1, 0.15) is 5.75 Å². The second-order valence-electron chi connectivity index (χ2n) is 5.64. The summed E-state index contributed by atoms with van der Waals surface area (Å²) in [6.07, 6.45) is -4.43. The zero-order chi connectivity index (χ0) is 18.7. The Morgan fingerprint density at radius 1 is 1.04 bits per heavy atom. The third-order valence-electron chi connectivity index (χ3n) is 3.82. The fourth-order valence-electron chi connectivity index (χ4n) is 2.52. The van der Waals surface area contributed by atoms with Crippen molar-refractivity contribution in [2.75, 3.05) is 7.11 Å². The molecule has 2 aromatic carbocycles. The molecule has 7 heteroatoms. The fourth-order valence-corrected chi connectivity index (χ4v) is 2.52. The summed E-state index contributed by atoms with van der Waals surface area (Å²) >= 11 is 0. The molecule has 0 amide bonds. The molecule has 0 saturated heterocycles. The number of methoxy groups -OCH3 is 1. The number of hydrogen-bond donors (Lipinski definition) is 0. The molecule has 0 atom stereocenters. The van der Waals surface area contributed by atoms with Crippen LogP contribution < -0.4 is 10.3 Å². The molecule has 26 heavy (non-hydrogen) atoms. The molecule has 0 fully saturated rings. The molecule has 1 aromatic heterocycles. The first kappa shape index (κ1) is 17.7. The molecule has 0 N–H and O–H groups in total. The number of rotatable bonds is 4. The Morgan fingerprint density at radius 2 is 1.81 bits per heavy atom. The monoisotopic (exact) mass is 360 g/mol. The Balaban J connectivity index is 1.95. The first-order valence-electron chi connectivity index (χ1n) is 7.75. The lowest BCUT2D eigenvalue weighted by Gasteiger charge is -2.11. The lowest BCUT2D eigenvalue weighted by Crippen LogP contribution is -2.23. The van der Waals surface area contributed by atoms with Crippen LogP contribution >= 0.6 is 0 Å². The van der Waals surface area contributed by atoms with Gasteiger partial charge in [-0.05, 0) is 35.9 Å². The van der Waals surface area contributed by atoms with Gasteiger partial charge in [0.25, 0.3) is 5.56 Å². The van der Waals surface area contributed by atoms with Crippen LogP contribution in [0.5, 0.6) is 5.75 Å². The fraction of sp³-hybridized carbons (Fsp3) is 0.158. The highest BCUT2D eigenvalue weighted by molar-refractivity contribution is 5.60. The Kier molecular flexibility index (Phi) is 4.79. The second-order valence-corrected chi connectivity index (χ2v) is 5.64. The molecule has 0 radical (unpaired) electrons. The number of alkyl halides is 3. The van der Waals surface area contributed by atoms with Gasteiger partial charge in [-0.3, -0.25) is 4.79 Å². The smallest absolute Gasteiger partial charge is 0.416 e. The van der Waals surface area contributed by atoms with Crippen LogP contribution in [0.1, 0.15) is 11.1 Å². The van der Waals surface area contributed by atoms with Crippen molar-refractivity contribution in [2.24, 2.45) is 0 Å². The molecule has 0 saturated carbocycles. The SMILES string of the molecule is COc1cccc(-c2ccc(=O)n(Cc3cccc(C(F)(F)F)c3)n2)c1. The number of benzene rings is 2. The highest BCUT2D eigenvalue weighted by Gasteiger charge is 2.30. The summed E-state index contributed by atoms with van der Waals surface area (Å²) < 4.78 is 44.9. The third-order valence-corrected chi connectivity index (χ3v) is 3.82. The first-order chi connectivity index (χ1) is 12.4. The van der Waals surface area contributed by atoms with E-state index >= 15 is 0 Å². The number of halogens is 3. The molecule has 1 heterocycles. The summed E-state index contributed by atoms with van der Waals surface area (Å²) in [6.45, 7) is -0.0550. The van der Waals surface area contributed by atoms with E-state index in [9.17, 15) is 18.0 Å². The number of hydrogen-bond acceptors (Lipinski definition) is 3. The maximum Gasteiger partial charge on any atom is 0.416 e. The maximum absolute atomic E-state index is 12.8.